The molecule has 1 aromatic carbocycles. The van der Waals surface area contributed by atoms with Crippen molar-refractivity contribution in [3.05, 3.63) is 23.3 Å². The van der Waals surface area contributed by atoms with E-state index in [2.05, 4.69) is 38.7 Å². The summed E-state index contributed by atoms with van der Waals surface area (Å²) in [4.78, 5) is 2.83. The van der Waals surface area contributed by atoms with E-state index in [9.17, 15) is 10.2 Å². The molecule has 7 aliphatic rings. The lowest BCUT2D eigenvalue weighted by Crippen LogP contribution is -2.83. The first-order valence-corrected chi connectivity index (χ1v) is 14.1. The van der Waals surface area contributed by atoms with Crippen LogP contribution in [-0.4, -0.2) is 58.7 Å². The van der Waals surface area contributed by atoms with E-state index in [0.717, 1.165) is 51.0 Å². The Kier molecular flexibility index (Phi) is 4.42. The molecule has 35 heavy (non-hydrogen) atoms. The third-order valence-electron chi connectivity index (χ3n) is 12.6. The fourth-order valence-electron chi connectivity index (χ4n) is 9.89. The van der Waals surface area contributed by atoms with Gasteiger partial charge >= 0.3 is 0 Å². The zero-order valence-electron chi connectivity index (χ0n) is 22.2. The highest BCUT2D eigenvalue weighted by atomic mass is 16.6. The number of fused-ring (bicyclic) bond motifs is 2. The predicted octanol–water partition coefficient (Wildman–Crippen LogP) is 4.80. The average molecular weight is 482 g/mol. The van der Waals surface area contributed by atoms with Crippen molar-refractivity contribution >= 4 is 0 Å². The monoisotopic (exact) mass is 481 g/mol. The van der Waals surface area contributed by atoms with Crippen LogP contribution in [0.15, 0.2) is 12.1 Å². The van der Waals surface area contributed by atoms with Gasteiger partial charge in [0, 0.05) is 42.0 Å². The summed E-state index contributed by atoms with van der Waals surface area (Å²) < 4.78 is 13.5. The van der Waals surface area contributed by atoms with Crippen molar-refractivity contribution in [3.63, 3.8) is 0 Å². The molecule has 1 aromatic rings. The van der Waals surface area contributed by atoms with Gasteiger partial charge in [0.2, 0.25) is 0 Å². The van der Waals surface area contributed by atoms with Crippen molar-refractivity contribution in [1.29, 1.82) is 0 Å². The molecule has 5 nitrogen and oxygen atoms in total. The van der Waals surface area contributed by atoms with Gasteiger partial charge in [0.1, 0.15) is 11.7 Å². The fourth-order valence-corrected chi connectivity index (χ4v) is 9.89. The fraction of sp³-hybridized carbons (Fsp3) is 0.800. The Morgan fingerprint density at radius 3 is 2.63 bits per heavy atom. The number of rotatable bonds is 6. The number of aliphatic hydroxyl groups is 1. The molecule has 5 heteroatoms. The van der Waals surface area contributed by atoms with Crippen LogP contribution in [0.25, 0.3) is 0 Å². The molecule has 192 valence electrons. The lowest BCUT2D eigenvalue weighted by molar-refractivity contribution is -0.313. The SMILES string of the molecule is CCC(C)(C)C(C)(O)C1CC23CCC1(OC)C1Oc4c(O)ccc5c4C12CCN(CC1CC1)C3C5. The van der Waals surface area contributed by atoms with E-state index in [1.807, 2.05) is 13.2 Å². The molecule has 4 saturated carbocycles. The summed E-state index contributed by atoms with van der Waals surface area (Å²) >= 11 is 0. The molecule has 4 bridgehead atoms. The van der Waals surface area contributed by atoms with Gasteiger partial charge < -0.3 is 19.7 Å². The lowest BCUT2D eigenvalue weighted by Gasteiger charge is -2.75. The summed E-state index contributed by atoms with van der Waals surface area (Å²) in [5, 5.41) is 23.4. The highest BCUT2D eigenvalue weighted by Gasteiger charge is 2.82. The van der Waals surface area contributed by atoms with Gasteiger partial charge in [0.15, 0.2) is 11.5 Å². The molecule has 2 N–H and O–H groups in total. The van der Waals surface area contributed by atoms with E-state index in [4.69, 9.17) is 9.47 Å². The molecule has 5 aliphatic carbocycles. The van der Waals surface area contributed by atoms with Crippen LogP contribution in [0.5, 0.6) is 11.5 Å². The average Bonchev–Trinajstić information content (AvgIpc) is 3.58. The maximum Gasteiger partial charge on any atom is 0.165 e. The number of benzene rings is 1. The van der Waals surface area contributed by atoms with Gasteiger partial charge in [-0.15, -0.1) is 0 Å². The van der Waals surface area contributed by atoms with Crippen molar-refractivity contribution in [2.75, 3.05) is 20.2 Å². The number of piperidine rings is 1. The first-order chi connectivity index (χ1) is 16.6. The number of methoxy groups -OCH3 is 1. The number of likely N-dealkylation sites (tertiary alicyclic amines) is 1. The molecule has 8 rings (SSSR count). The number of hydrogen-bond acceptors (Lipinski definition) is 5. The van der Waals surface area contributed by atoms with E-state index in [0.29, 0.717) is 11.8 Å². The smallest absolute Gasteiger partial charge is 0.165 e. The predicted molar refractivity (Wildman–Crippen MR) is 135 cm³/mol. The van der Waals surface area contributed by atoms with Crippen LogP contribution in [0.4, 0.5) is 0 Å². The van der Waals surface area contributed by atoms with Gasteiger partial charge in [0.25, 0.3) is 0 Å². The minimum absolute atomic E-state index is 0.0248. The van der Waals surface area contributed by atoms with Gasteiger partial charge in [-0.3, -0.25) is 4.90 Å². The Labute approximate surface area is 210 Å². The zero-order chi connectivity index (χ0) is 24.6. The van der Waals surface area contributed by atoms with Crippen molar-refractivity contribution < 1.29 is 19.7 Å². The lowest BCUT2D eigenvalue weighted by atomic mass is 9.33. The topological polar surface area (TPSA) is 62.2 Å². The zero-order valence-corrected chi connectivity index (χ0v) is 22.2. The van der Waals surface area contributed by atoms with Gasteiger partial charge in [-0.1, -0.05) is 26.8 Å². The first kappa shape index (κ1) is 22.9. The quantitative estimate of drug-likeness (QED) is 0.611. The van der Waals surface area contributed by atoms with Crippen LogP contribution < -0.4 is 4.74 Å². The maximum absolute atomic E-state index is 12.4. The summed E-state index contributed by atoms with van der Waals surface area (Å²) in [6.07, 6.45) is 8.56. The molecular weight excluding hydrogens is 438 g/mol. The number of hydrogen-bond donors (Lipinski definition) is 2. The highest BCUT2D eigenvalue weighted by molar-refractivity contribution is 5.63. The molecule has 0 aromatic heterocycles. The van der Waals surface area contributed by atoms with E-state index in [1.54, 1.807) is 0 Å². The summed E-state index contributed by atoms with van der Waals surface area (Å²) in [7, 11) is 1.84. The van der Waals surface area contributed by atoms with Crippen LogP contribution in [0.2, 0.25) is 0 Å². The van der Waals surface area contributed by atoms with Crippen LogP contribution >= 0.6 is 0 Å². The summed E-state index contributed by atoms with van der Waals surface area (Å²) in [6.45, 7) is 11.0. The first-order valence-electron chi connectivity index (χ1n) is 14.1. The molecule has 2 spiro atoms. The van der Waals surface area contributed by atoms with Gasteiger partial charge in [-0.2, -0.15) is 0 Å². The molecule has 5 fully saturated rings. The van der Waals surface area contributed by atoms with Gasteiger partial charge in [-0.05, 0) is 87.8 Å². The van der Waals surface area contributed by atoms with Crippen LogP contribution in [0, 0.1) is 22.7 Å². The summed E-state index contributed by atoms with van der Waals surface area (Å²) in [6, 6.07) is 4.47. The van der Waals surface area contributed by atoms with E-state index < -0.39 is 11.2 Å². The van der Waals surface area contributed by atoms with Crippen molar-refractivity contribution in [2.45, 2.75) is 108 Å². The normalized spacial score (nSPS) is 43.0. The second-order valence-corrected chi connectivity index (χ2v) is 13.8. The Balaban J connectivity index is 1.46. The van der Waals surface area contributed by atoms with Gasteiger partial charge in [-0.25, -0.2) is 0 Å². The van der Waals surface area contributed by atoms with Crippen LogP contribution in [0.3, 0.4) is 0 Å². The van der Waals surface area contributed by atoms with Crippen molar-refractivity contribution in [3.8, 4) is 11.5 Å². The minimum Gasteiger partial charge on any atom is -0.504 e. The van der Waals surface area contributed by atoms with E-state index in [1.165, 1.54) is 30.5 Å². The summed E-state index contributed by atoms with van der Waals surface area (Å²) in [5.41, 5.74) is 0.836. The van der Waals surface area contributed by atoms with E-state index in [-0.39, 0.29) is 34.0 Å². The standard InChI is InChI=1S/C30H43NO4/c1-6-26(2,3)27(4,33)21-16-28-11-12-30(21,34-5)25-29(28)13-14-31(17-18-7-8-18)22(28)15-19-9-10-20(32)24(35-25)23(19)29/h9-10,18,21-22,25,32-33H,6-8,11-17H2,1-5H3. The summed E-state index contributed by atoms with van der Waals surface area (Å²) in [5.74, 6) is 1.81. The third kappa shape index (κ3) is 2.43. The van der Waals surface area contributed by atoms with E-state index >= 15 is 0 Å². The van der Waals surface area contributed by atoms with Crippen LogP contribution in [0.1, 0.15) is 83.8 Å². The Hall–Kier alpha value is -1.30. The maximum atomic E-state index is 12.4. The third-order valence-corrected chi connectivity index (χ3v) is 12.6. The molecule has 1 saturated heterocycles. The Morgan fingerprint density at radius 2 is 1.94 bits per heavy atom. The molecule has 0 amide bonds. The number of ether oxygens (including phenoxy) is 2. The second-order valence-electron chi connectivity index (χ2n) is 13.8. The van der Waals surface area contributed by atoms with Crippen molar-refractivity contribution in [2.24, 2.45) is 22.7 Å². The van der Waals surface area contributed by atoms with Gasteiger partial charge in [0.05, 0.1) is 5.60 Å². The number of phenols is 1. The molecule has 2 heterocycles. The number of phenolic OH excluding ortho intramolecular Hbond substituents is 1. The molecule has 7 atom stereocenters. The van der Waals surface area contributed by atoms with Crippen LogP contribution in [-0.2, 0) is 16.6 Å². The van der Waals surface area contributed by atoms with Crippen molar-refractivity contribution in [1.82, 2.24) is 4.90 Å². The largest absolute Gasteiger partial charge is 0.504 e. The molecular formula is C30H43NO4. The Bertz CT molecular complexity index is 1080. The molecule has 2 aliphatic heterocycles. The highest BCUT2D eigenvalue weighted by Crippen LogP contribution is 2.78. The number of nitrogens with zero attached hydrogens (tertiary/aromatic N) is 1. The Morgan fingerprint density at radius 1 is 1.17 bits per heavy atom. The second kappa shape index (κ2) is 6.76. The minimum atomic E-state index is -0.900. The molecule has 0 radical (unpaired) electrons. The number of aromatic hydroxyl groups is 1. The molecule has 7 unspecified atom stereocenters.